The first kappa shape index (κ1) is 12.8. The Kier molecular flexibility index (Phi) is 2.96. The van der Waals surface area contributed by atoms with E-state index < -0.39 is 0 Å². The molecule has 0 fully saturated rings. The van der Waals surface area contributed by atoms with Gasteiger partial charge >= 0.3 is 0 Å². The maximum absolute atomic E-state index is 13.2. The minimum absolute atomic E-state index is 0.165. The van der Waals surface area contributed by atoms with Crippen molar-refractivity contribution in [2.75, 3.05) is 25.5 Å². The van der Waals surface area contributed by atoms with Crippen LogP contribution in [0.2, 0.25) is 0 Å². The summed E-state index contributed by atoms with van der Waals surface area (Å²) in [4.78, 5) is 2.37. The van der Waals surface area contributed by atoms with Crippen LogP contribution in [0.3, 0.4) is 0 Å². The highest BCUT2D eigenvalue weighted by Gasteiger charge is 2.28. The quantitative estimate of drug-likeness (QED) is 0.862. The van der Waals surface area contributed by atoms with E-state index in [4.69, 9.17) is 0 Å². The topological polar surface area (TPSA) is 15.3 Å². The lowest BCUT2D eigenvalue weighted by atomic mass is 9.82. The van der Waals surface area contributed by atoms with E-state index in [1.54, 1.807) is 12.1 Å². The molecule has 108 valence electrons. The van der Waals surface area contributed by atoms with E-state index in [0.717, 1.165) is 26.1 Å². The minimum atomic E-state index is -0.165. The van der Waals surface area contributed by atoms with Gasteiger partial charge in [-0.15, -0.1) is 0 Å². The van der Waals surface area contributed by atoms with Crippen molar-refractivity contribution in [2.24, 2.45) is 0 Å². The molecule has 4 rings (SSSR count). The van der Waals surface area contributed by atoms with Crippen LogP contribution in [0.5, 0.6) is 0 Å². The van der Waals surface area contributed by atoms with Gasteiger partial charge in [0.1, 0.15) is 5.82 Å². The normalized spacial score (nSPS) is 20.8. The predicted octanol–water partition coefficient (Wildman–Crippen LogP) is 3.37. The van der Waals surface area contributed by atoms with Gasteiger partial charge in [-0.2, -0.15) is 0 Å². The summed E-state index contributed by atoms with van der Waals surface area (Å²) in [5, 5.41) is 3.46. The Morgan fingerprint density at radius 3 is 2.71 bits per heavy atom. The molecule has 0 aromatic heterocycles. The van der Waals surface area contributed by atoms with Gasteiger partial charge in [0, 0.05) is 31.2 Å². The zero-order chi connectivity index (χ0) is 14.4. The fraction of sp³-hybridized carbons (Fsp3) is 0.333. The van der Waals surface area contributed by atoms with Crippen LogP contribution < -0.4 is 5.32 Å². The fourth-order valence-electron chi connectivity index (χ4n) is 3.72. The number of nitrogens with zero attached hydrogens (tertiary/aromatic N) is 1. The number of benzene rings is 2. The summed E-state index contributed by atoms with van der Waals surface area (Å²) in [7, 11) is 2.17. The van der Waals surface area contributed by atoms with Crippen molar-refractivity contribution in [3.8, 4) is 0 Å². The van der Waals surface area contributed by atoms with Gasteiger partial charge in [0.05, 0.1) is 0 Å². The summed E-state index contributed by atoms with van der Waals surface area (Å²) in [6.07, 6.45) is 1.11. The molecular weight excluding hydrogens is 263 g/mol. The van der Waals surface area contributed by atoms with Crippen molar-refractivity contribution in [3.05, 3.63) is 64.5 Å². The van der Waals surface area contributed by atoms with Gasteiger partial charge in [0.25, 0.3) is 0 Å². The Hall–Kier alpha value is -1.87. The standard InChI is InChI=1S/C18H19FN2/c1-21-10-16(12-2-4-13(19)5-3-12)14-6-7-18-15(8-9-20-18)17(14)11-21/h2-7,16,20H,8-11H2,1H3. The molecule has 0 aliphatic carbocycles. The van der Waals surface area contributed by atoms with Crippen LogP contribution in [0.15, 0.2) is 36.4 Å². The highest BCUT2D eigenvalue weighted by atomic mass is 19.1. The van der Waals surface area contributed by atoms with Crippen molar-refractivity contribution < 1.29 is 4.39 Å². The molecule has 1 atom stereocenters. The van der Waals surface area contributed by atoms with Crippen molar-refractivity contribution in [3.63, 3.8) is 0 Å². The summed E-state index contributed by atoms with van der Waals surface area (Å²) in [5.74, 6) is 0.173. The van der Waals surface area contributed by atoms with Crippen molar-refractivity contribution >= 4 is 5.69 Å². The van der Waals surface area contributed by atoms with Crippen molar-refractivity contribution in [1.29, 1.82) is 0 Å². The molecule has 2 aliphatic rings. The number of anilines is 1. The molecule has 2 heterocycles. The average molecular weight is 282 g/mol. The number of fused-ring (bicyclic) bond motifs is 3. The van der Waals surface area contributed by atoms with E-state index in [0.29, 0.717) is 5.92 Å². The van der Waals surface area contributed by atoms with Crippen molar-refractivity contribution in [2.45, 2.75) is 18.9 Å². The summed E-state index contributed by atoms with van der Waals surface area (Å²) in [6.45, 7) is 3.04. The van der Waals surface area contributed by atoms with E-state index in [9.17, 15) is 4.39 Å². The van der Waals surface area contributed by atoms with Gasteiger partial charge in [-0.1, -0.05) is 18.2 Å². The first-order chi connectivity index (χ1) is 10.2. The van der Waals surface area contributed by atoms with Gasteiger partial charge in [-0.3, -0.25) is 0 Å². The molecule has 21 heavy (non-hydrogen) atoms. The van der Waals surface area contributed by atoms with E-state index in [1.165, 1.54) is 27.9 Å². The second-order valence-corrected chi connectivity index (χ2v) is 6.14. The molecule has 1 N–H and O–H groups in total. The number of hydrogen-bond acceptors (Lipinski definition) is 2. The molecule has 2 aromatic carbocycles. The Morgan fingerprint density at radius 1 is 1.10 bits per heavy atom. The number of halogens is 1. The van der Waals surface area contributed by atoms with Crippen LogP contribution in [-0.4, -0.2) is 25.0 Å². The van der Waals surface area contributed by atoms with Gasteiger partial charge in [-0.05, 0) is 53.9 Å². The summed E-state index contributed by atoms with van der Waals surface area (Å²) in [6, 6.07) is 11.5. The lowest BCUT2D eigenvalue weighted by Gasteiger charge is -2.34. The second kappa shape index (κ2) is 4.85. The Morgan fingerprint density at radius 2 is 1.90 bits per heavy atom. The molecule has 3 heteroatoms. The number of likely N-dealkylation sites (N-methyl/N-ethyl adjacent to an activating group) is 1. The van der Waals surface area contributed by atoms with E-state index in [-0.39, 0.29) is 5.82 Å². The van der Waals surface area contributed by atoms with Gasteiger partial charge in [-0.25, -0.2) is 4.39 Å². The van der Waals surface area contributed by atoms with Crippen LogP contribution in [0, 0.1) is 5.82 Å². The van der Waals surface area contributed by atoms with E-state index in [2.05, 4.69) is 29.4 Å². The highest BCUT2D eigenvalue weighted by molar-refractivity contribution is 5.62. The Balaban J connectivity index is 1.83. The predicted molar refractivity (Wildman–Crippen MR) is 83.2 cm³/mol. The molecular formula is C18H19FN2. The molecule has 0 radical (unpaired) electrons. The van der Waals surface area contributed by atoms with Gasteiger partial charge in [0.2, 0.25) is 0 Å². The molecule has 2 nitrogen and oxygen atoms in total. The minimum Gasteiger partial charge on any atom is -0.384 e. The smallest absolute Gasteiger partial charge is 0.123 e. The lowest BCUT2D eigenvalue weighted by molar-refractivity contribution is 0.294. The van der Waals surface area contributed by atoms with Crippen molar-refractivity contribution in [1.82, 2.24) is 4.90 Å². The SMILES string of the molecule is CN1Cc2c(ccc3c2CCN3)C(c2ccc(F)cc2)C1. The van der Waals surface area contributed by atoms with Crippen LogP contribution in [0.4, 0.5) is 10.1 Å². The van der Waals surface area contributed by atoms with E-state index in [1.807, 2.05) is 12.1 Å². The highest BCUT2D eigenvalue weighted by Crippen LogP contribution is 2.38. The molecule has 0 saturated heterocycles. The van der Waals surface area contributed by atoms with Crippen LogP contribution in [0.1, 0.15) is 28.2 Å². The van der Waals surface area contributed by atoms with Crippen LogP contribution in [0.25, 0.3) is 0 Å². The second-order valence-electron chi connectivity index (χ2n) is 6.14. The maximum atomic E-state index is 13.2. The molecule has 0 saturated carbocycles. The number of nitrogens with one attached hydrogen (secondary N) is 1. The molecule has 1 unspecified atom stereocenters. The third-order valence-electron chi connectivity index (χ3n) is 4.73. The Labute approximate surface area is 124 Å². The summed E-state index contributed by atoms with van der Waals surface area (Å²) < 4.78 is 13.2. The number of rotatable bonds is 1. The maximum Gasteiger partial charge on any atom is 0.123 e. The third-order valence-corrected chi connectivity index (χ3v) is 4.73. The van der Waals surface area contributed by atoms with E-state index >= 15 is 0 Å². The molecule has 2 aromatic rings. The number of hydrogen-bond donors (Lipinski definition) is 1. The third kappa shape index (κ3) is 2.12. The summed E-state index contributed by atoms with van der Waals surface area (Å²) in [5.41, 5.74) is 6.87. The monoisotopic (exact) mass is 282 g/mol. The lowest BCUT2D eigenvalue weighted by Crippen LogP contribution is -2.31. The van der Waals surface area contributed by atoms with Gasteiger partial charge in [0.15, 0.2) is 0 Å². The molecule has 2 aliphatic heterocycles. The zero-order valence-electron chi connectivity index (χ0n) is 12.2. The first-order valence-electron chi connectivity index (χ1n) is 7.55. The largest absolute Gasteiger partial charge is 0.384 e. The Bertz CT molecular complexity index is 678. The molecule has 0 amide bonds. The zero-order valence-corrected chi connectivity index (χ0v) is 12.2. The fourth-order valence-corrected chi connectivity index (χ4v) is 3.72. The summed E-state index contributed by atoms with van der Waals surface area (Å²) >= 11 is 0. The average Bonchev–Trinajstić information content (AvgIpc) is 2.96. The first-order valence-corrected chi connectivity index (χ1v) is 7.55. The molecule has 0 spiro atoms. The van der Waals surface area contributed by atoms with Crippen LogP contribution in [-0.2, 0) is 13.0 Å². The molecule has 0 bridgehead atoms. The van der Waals surface area contributed by atoms with Gasteiger partial charge < -0.3 is 10.2 Å². The van der Waals surface area contributed by atoms with Crippen LogP contribution >= 0.6 is 0 Å².